The number of aromatic nitrogens is 1. The maximum absolute atomic E-state index is 13.0. The zero-order chi connectivity index (χ0) is 18.6. The molecule has 0 N–H and O–H groups in total. The van der Waals surface area contributed by atoms with Crippen molar-refractivity contribution in [1.29, 1.82) is 0 Å². The molecule has 0 atom stereocenters. The van der Waals surface area contributed by atoms with Gasteiger partial charge in [0.25, 0.3) is 10.0 Å². The molecule has 7 heteroatoms. The molecule has 1 aliphatic rings. The summed E-state index contributed by atoms with van der Waals surface area (Å²) in [7, 11) is -3.65. The van der Waals surface area contributed by atoms with E-state index >= 15 is 0 Å². The number of sulfonamides is 1. The Morgan fingerprint density at radius 3 is 2.63 bits per heavy atom. The lowest BCUT2D eigenvalue weighted by Gasteiger charge is -2.16. The van der Waals surface area contributed by atoms with Crippen molar-refractivity contribution in [3.63, 3.8) is 0 Å². The van der Waals surface area contributed by atoms with Crippen LogP contribution in [0.5, 0.6) is 0 Å². The third-order valence-electron chi connectivity index (χ3n) is 4.62. The molecule has 1 aliphatic heterocycles. The van der Waals surface area contributed by atoms with Gasteiger partial charge in [0, 0.05) is 16.0 Å². The van der Waals surface area contributed by atoms with Crippen LogP contribution in [-0.2, 0) is 16.6 Å². The maximum Gasteiger partial charge on any atom is 0.265 e. The van der Waals surface area contributed by atoms with Crippen LogP contribution in [-0.4, -0.2) is 13.4 Å². The van der Waals surface area contributed by atoms with Crippen LogP contribution in [0.2, 0.25) is 5.02 Å². The minimum atomic E-state index is -3.65. The van der Waals surface area contributed by atoms with Crippen molar-refractivity contribution in [1.82, 2.24) is 4.98 Å². The smallest absolute Gasteiger partial charge is 0.265 e. The third kappa shape index (κ3) is 2.52. The normalized spacial score (nSPS) is 14.8. The van der Waals surface area contributed by atoms with E-state index in [9.17, 15) is 8.42 Å². The van der Waals surface area contributed by atoms with E-state index in [1.165, 1.54) is 4.31 Å². The molecule has 0 saturated heterocycles. The number of benzene rings is 3. The number of oxazole rings is 1. The molecule has 0 spiro atoms. The van der Waals surface area contributed by atoms with Crippen molar-refractivity contribution in [2.24, 2.45) is 0 Å². The third-order valence-corrected chi connectivity index (χ3v) is 6.66. The van der Waals surface area contributed by atoms with E-state index < -0.39 is 10.0 Å². The molecule has 0 radical (unpaired) electrons. The molecule has 4 aromatic rings. The summed E-state index contributed by atoms with van der Waals surface area (Å²) >= 11 is 6.02. The highest BCUT2D eigenvalue weighted by Gasteiger charge is 2.36. The van der Waals surface area contributed by atoms with Crippen molar-refractivity contribution in [3.05, 3.63) is 77.8 Å². The van der Waals surface area contributed by atoms with Gasteiger partial charge < -0.3 is 4.42 Å². The van der Waals surface area contributed by atoms with Crippen LogP contribution in [0.1, 0.15) is 5.89 Å². The Morgan fingerprint density at radius 1 is 1.04 bits per heavy atom. The van der Waals surface area contributed by atoms with Crippen LogP contribution in [0, 0.1) is 0 Å². The Labute approximate surface area is 160 Å². The molecule has 5 nitrogen and oxygen atoms in total. The number of hydrogen-bond acceptors (Lipinski definition) is 4. The summed E-state index contributed by atoms with van der Waals surface area (Å²) < 4.78 is 33.2. The number of rotatable bonds is 3. The maximum atomic E-state index is 13.0. The van der Waals surface area contributed by atoms with E-state index in [4.69, 9.17) is 16.0 Å². The summed E-state index contributed by atoms with van der Waals surface area (Å²) in [6.07, 6.45) is 1.58. The second-order valence-corrected chi connectivity index (χ2v) is 8.54. The molecule has 0 amide bonds. The molecule has 3 aromatic carbocycles. The second kappa shape index (κ2) is 5.84. The Morgan fingerprint density at radius 2 is 1.81 bits per heavy atom. The fourth-order valence-corrected chi connectivity index (χ4v) is 5.26. The molecule has 0 saturated carbocycles. The second-order valence-electron chi connectivity index (χ2n) is 6.27. The van der Waals surface area contributed by atoms with E-state index in [-0.39, 0.29) is 6.54 Å². The molecule has 0 bridgehead atoms. The molecule has 27 heavy (non-hydrogen) atoms. The van der Waals surface area contributed by atoms with Gasteiger partial charge in [-0.15, -0.1) is 0 Å². The summed E-state index contributed by atoms with van der Waals surface area (Å²) in [6.45, 7) is 0.0245. The van der Waals surface area contributed by atoms with Gasteiger partial charge in [0.1, 0.15) is 6.54 Å². The first-order chi connectivity index (χ1) is 13.0. The monoisotopic (exact) mass is 396 g/mol. The lowest BCUT2D eigenvalue weighted by molar-refractivity contribution is 0.506. The Hall–Kier alpha value is -2.83. The molecule has 1 aromatic heterocycles. The van der Waals surface area contributed by atoms with Crippen LogP contribution in [0.25, 0.3) is 22.1 Å². The molecule has 2 heterocycles. The zero-order valence-electron chi connectivity index (χ0n) is 14.0. The van der Waals surface area contributed by atoms with Crippen LogP contribution < -0.4 is 4.31 Å². The van der Waals surface area contributed by atoms with Gasteiger partial charge in [-0.2, -0.15) is 0 Å². The van der Waals surface area contributed by atoms with Crippen molar-refractivity contribution in [2.75, 3.05) is 4.31 Å². The van der Waals surface area contributed by atoms with Gasteiger partial charge in [-0.25, -0.2) is 13.4 Å². The fourth-order valence-electron chi connectivity index (χ4n) is 3.41. The van der Waals surface area contributed by atoms with Gasteiger partial charge in [0.2, 0.25) is 5.89 Å². The van der Waals surface area contributed by atoms with Gasteiger partial charge in [-0.3, -0.25) is 4.31 Å². The SMILES string of the molecule is O=S1(=O)c2cccc3cccc(c23)N1Cc1ncc(-c2cccc(Cl)c2)o1. The van der Waals surface area contributed by atoms with E-state index in [1.54, 1.807) is 36.5 Å². The van der Waals surface area contributed by atoms with Gasteiger partial charge >= 0.3 is 0 Å². The minimum absolute atomic E-state index is 0.0245. The summed E-state index contributed by atoms with van der Waals surface area (Å²) in [6, 6.07) is 18.1. The molecule has 134 valence electrons. The molecule has 0 aliphatic carbocycles. The number of nitrogens with zero attached hydrogens (tertiary/aromatic N) is 2. The van der Waals surface area contributed by atoms with Crippen molar-refractivity contribution >= 4 is 38.1 Å². The van der Waals surface area contributed by atoms with Crippen LogP contribution in [0.3, 0.4) is 0 Å². The predicted octanol–water partition coefficient (Wildman–Crippen LogP) is 4.86. The first-order valence-corrected chi connectivity index (χ1v) is 10.1. The Bertz CT molecular complexity index is 1290. The zero-order valence-corrected chi connectivity index (χ0v) is 15.5. The van der Waals surface area contributed by atoms with Crippen LogP contribution in [0.4, 0.5) is 5.69 Å². The topological polar surface area (TPSA) is 63.4 Å². The first kappa shape index (κ1) is 16.4. The molecular formula is C20H13ClN2O3S. The van der Waals surface area contributed by atoms with E-state index in [1.807, 2.05) is 30.3 Å². The quantitative estimate of drug-likeness (QED) is 0.496. The van der Waals surface area contributed by atoms with Gasteiger partial charge in [0.15, 0.2) is 5.76 Å². The molecular weight excluding hydrogens is 384 g/mol. The number of halogens is 1. The minimum Gasteiger partial charge on any atom is -0.439 e. The van der Waals surface area contributed by atoms with Gasteiger partial charge in [-0.05, 0) is 29.7 Å². The fraction of sp³-hybridized carbons (Fsp3) is 0.0500. The van der Waals surface area contributed by atoms with E-state index in [0.29, 0.717) is 27.3 Å². The van der Waals surface area contributed by atoms with E-state index in [0.717, 1.165) is 16.3 Å². The highest BCUT2D eigenvalue weighted by atomic mass is 35.5. The summed E-state index contributed by atoms with van der Waals surface area (Å²) in [4.78, 5) is 4.58. The molecule has 0 fully saturated rings. The van der Waals surface area contributed by atoms with Gasteiger partial charge in [-0.1, -0.05) is 48.0 Å². The highest BCUT2D eigenvalue weighted by molar-refractivity contribution is 7.93. The predicted molar refractivity (Wildman–Crippen MR) is 104 cm³/mol. The number of hydrogen-bond donors (Lipinski definition) is 0. The number of anilines is 1. The van der Waals surface area contributed by atoms with Crippen LogP contribution in [0.15, 0.2) is 76.2 Å². The summed E-state index contributed by atoms with van der Waals surface area (Å²) in [5.41, 5.74) is 1.43. The summed E-state index contributed by atoms with van der Waals surface area (Å²) in [5, 5.41) is 2.22. The molecule has 0 unspecified atom stereocenters. The Balaban J connectivity index is 1.55. The highest BCUT2D eigenvalue weighted by Crippen LogP contribution is 2.42. The first-order valence-electron chi connectivity index (χ1n) is 8.29. The lowest BCUT2D eigenvalue weighted by Crippen LogP contribution is -2.26. The van der Waals surface area contributed by atoms with Crippen molar-refractivity contribution in [3.8, 4) is 11.3 Å². The van der Waals surface area contributed by atoms with Crippen LogP contribution >= 0.6 is 11.6 Å². The molecule has 5 rings (SSSR count). The Kier molecular flexibility index (Phi) is 3.54. The standard InChI is InChI=1S/C20H13ClN2O3S/c21-15-7-1-6-14(10-15)17-11-22-19(26-17)12-23-16-8-2-4-13-5-3-9-18(20(13)16)27(23,24)25/h1-11H,12H2. The van der Waals surface area contributed by atoms with Gasteiger partial charge in [0.05, 0.1) is 16.8 Å². The lowest BCUT2D eigenvalue weighted by atomic mass is 10.1. The average Bonchev–Trinajstić information content (AvgIpc) is 3.21. The van der Waals surface area contributed by atoms with Crippen molar-refractivity contribution in [2.45, 2.75) is 11.4 Å². The largest absolute Gasteiger partial charge is 0.439 e. The van der Waals surface area contributed by atoms with E-state index in [2.05, 4.69) is 4.98 Å². The summed E-state index contributed by atoms with van der Waals surface area (Å²) in [5.74, 6) is 0.859. The van der Waals surface area contributed by atoms with Crippen molar-refractivity contribution < 1.29 is 12.8 Å². The average molecular weight is 397 g/mol.